The third-order valence-electron chi connectivity index (χ3n) is 9.72. The molecule has 0 aromatic heterocycles. The van der Waals surface area contributed by atoms with E-state index in [4.69, 9.17) is 18.9 Å². The second-order valence-electron chi connectivity index (χ2n) is 11.8. The summed E-state index contributed by atoms with van der Waals surface area (Å²) in [5.41, 5.74) is 4.47. The van der Waals surface area contributed by atoms with Gasteiger partial charge >= 0.3 is 5.97 Å². The van der Waals surface area contributed by atoms with E-state index in [2.05, 4.69) is 52.3 Å². The molecule has 0 N–H and O–H groups in total. The standard InChI is InChI=1S/C34H34N2O5/c1-38-28-19-34-14-8-15-35(34)16-13-24-17-26-27(40-21-39-26)18-25(24)29(34)32(28)41-33(37)31-30(23-11-6-3-7-12-23)36(31)20-22-9-4-2-5-10-22/h2-7,9-12,17-19,29-32H,8,13-16,20-21H2,1H3/t29-,30?,31?,32?,34+,36?/m1/s1. The van der Waals surface area contributed by atoms with Gasteiger partial charge < -0.3 is 18.9 Å². The Morgan fingerprint density at radius 1 is 1.00 bits per heavy atom. The predicted molar refractivity (Wildman–Crippen MR) is 152 cm³/mol. The Morgan fingerprint density at radius 2 is 1.76 bits per heavy atom. The van der Waals surface area contributed by atoms with E-state index in [9.17, 15) is 4.79 Å². The van der Waals surface area contributed by atoms with Crippen molar-refractivity contribution >= 4 is 5.97 Å². The number of ether oxygens (including phenoxy) is 4. The molecule has 8 rings (SSSR count). The number of rotatable bonds is 6. The van der Waals surface area contributed by atoms with E-state index in [1.54, 1.807) is 7.11 Å². The molecule has 1 aliphatic carbocycles. The predicted octanol–water partition coefficient (Wildman–Crippen LogP) is 4.97. The van der Waals surface area contributed by atoms with E-state index in [0.29, 0.717) is 6.54 Å². The number of benzene rings is 3. The number of carbonyl (C=O) groups is 1. The molecule has 41 heavy (non-hydrogen) atoms. The molecule has 3 aromatic rings. The Hall–Kier alpha value is -3.81. The number of hydrogen-bond acceptors (Lipinski definition) is 7. The van der Waals surface area contributed by atoms with Crippen molar-refractivity contribution in [3.05, 3.63) is 107 Å². The van der Waals surface area contributed by atoms with Gasteiger partial charge in [0, 0.05) is 13.1 Å². The number of hydrogen-bond donors (Lipinski definition) is 0. The highest BCUT2D eigenvalue weighted by molar-refractivity contribution is 5.81. The van der Waals surface area contributed by atoms with E-state index < -0.39 is 6.10 Å². The first-order chi connectivity index (χ1) is 20.2. The molecule has 0 radical (unpaired) electrons. The zero-order valence-corrected chi connectivity index (χ0v) is 23.2. The molecular formula is C34H34N2O5. The van der Waals surface area contributed by atoms with Crippen molar-refractivity contribution in [2.45, 2.75) is 55.5 Å². The average molecular weight is 551 g/mol. The van der Waals surface area contributed by atoms with E-state index in [-0.39, 0.29) is 36.3 Å². The van der Waals surface area contributed by atoms with Crippen molar-refractivity contribution in [3.8, 4) is 11.5 Å². The first-order valence-corrected chi connectivity index (χ1v) is 14.7. The fraction of sp³-hybridized carbons (Fsp3) is 0.382. The molecule has 4 heterocycles. The van der Waals surface area contributed by atoms with E-state index in [0.717, 1.165) is 55.2 Å². The van der Waals surface area contributed by atoms with Crippen LogP contribution in [0.5, 0.6) is 11.5 Å². The molecule has 7 heteroatoms. The van der Waals surface area contributed by atoms with Crippen LogP contribution >= 0.6 is 0 Å². The van der Waals surface area contributed by atoms with Crippen LogP contribution in [0.3, 0.4) is 0 Å². The third kappa shape index (κ3) is 3.97. The number of nitrogens with zero attached hydrogens (tertiary/aromatic N) is 2. The highest BCUT2D eigenvalue weighted by Gasteiger charge is 2.60. The summed E-state index contributed by atoms with van der Waals surface area (Å²) in [5, 5.41) is 0. The fourth-order valence-electron chi connectivity index (χ4n) is 7.84. The maximum atomic E-state index is 14.2. The minimum absolute atomic E-state index is 0.0209. The van der Waals surface area contributed by atoms with Gasteiger partial charge in [0.05, 0.1) is 24.6 Å². The summed E-state index contributed by atoms with van der Waals surface area (Å²) >= 11 is 0. The highest BCUT2D eigenvalue weighted by Crippen LogP contribution is 2.56. The van der Waals surface area contributed by atoms with Gasteiger partial charge in [0.1, 0.15) is 11.8 Å². The van der Waals surface area contributed by atoms with Crippen molar-refractivity contribution in [1.29, 1.82) is 0 Å². The Labute approximate surface area is 240 Å². The first-order valence-electron chi connectivity index (χ1n) is 14.7. The van der Waals surface area contributed by atoms with Gasteiger partial charge in [-0.1, -0.05) is 60.7 Å². The first kappa shape index (κ1) is 24.9. The molecule has 210 valence electrons. The van der Waals surface area contributed by atoms with Gasteiger partial charge in [0.25, 0.3) is 0 Å². The Balaban J connectivity index is 1.15. The largest absolute Gasteiger partial charge is 0.497 e. The van der Waals surface area contributed by atoms with Crippen LogP contribution in [0, 0.1) is 0 Å². The number of esters is 1. The van der Waals surface area contributed by atoms with Gasteiger partial charge in [-0.2, -0.15) is 0 Å². The summed E-state index contributed by atoms with van der Waals surface area (Å²) < 4.78 is 24.1. The summed E-state index contributed by atoms with van der Waals surface area (Å²) in [7, 11) is 1.69. The van der Waals surface area contributed by atoms with Crippen LogP contribution in [0.4, 0.5) is 0 Å². The number of fused-ring (bicyclic) bond motifs is 3. The maximum Gasteiger partial charge on any atom is 0.326 e. The molecule has 4 unspecified atom stereocenters. The maximum absolute atomic E-state index is 14.2. The van der Waals surface area contributed by atoms with Crippen molar-refractivity contribution in [2.75, 3.05) is 27.0 Å². The van der Waals surface area contributed by atoms with E-state index in [1.807, 2.05) is 36.4 Å². The zero-order valence-electron chi connectivity index (χ0n) is 23.2. The summed E-state index contributed by atoms with van der Waals surface area (Å²) in [6.07, 6.45) is 4.77. The second kappa shape index (κ2) is 9.64. The number of carbonyl (C=O) groups excluding carboxylic acids is 1. The lowest BCUT2D eigenvalue weighted by molar-refractivity contribution is -0.150. The molecule has 1 spiro atoms. The third-order valence-corrected chi connectivity index (χ3v) is 9.72. The van der Waals surface area contributed by atoms with Crippen LogP contribution in [0.1, 0.15) is 47.1 Å². The van der Waals surface area contributed by atoms with Crippen LogP contribution in [0.25, 0.3) is 0 Å². The number of methoxy groups -OCH3 is 1. The summed E-state index contributed by atoms with van der Waals surface area (Å²) in [6.45, 7) is 2.89. The average Bonchev–Trinajstić information content (AvgIpc) is 3.24. The van der Waals surface area contributed by atoms with Gasteiger partial charge in [0.15, 0.2) is 17.6 Å². The lowest BCUT2D eigenvalue weighted by atomic mass is 9.77. The normalized spacial score (nSPS) is 31.0. The Kier molecular flexibility index (Phi) is 5.86. The molecule has 3 aromatic carbocycles. The molecule has 2 fully saturated rings. The fourth-order valence-corrected chi connectivity index (χ4v) is 7.84. The van der Waals surface area contributed by atoms with Gasteiger partial charge in [-0.25, -0.2) is 0 Å². The summed E-state index contributed by atoms with van der Waals surface area (Å²) in [6, 6.07) is 24.5. The zero-order chi connectivity index (χ0) is 27.6. The van der Waals surface area contributed by atoms with Crippen LogP contribution in [-0.4, -0.2) is 60.4 Å². The van der Waals surface area contributed by atoms with Gasteiger partial charge in [-0.05, 0) is 66.3 Å². The quantitative estimate of drug-likeness (QED) is 0.317. The molecule has 4 aliphatic heterocycles. The molecule has 6 atom stereocenters. The lowest BCUT2D eigenvalue weighted by Crippen LogP contribution is -2.47. The van der Waals surface area contributed by atoms with Crippen molar-refractivity contribution in [3.63, 3.8) is 0 Å². The molecular weight excluding hydrogens is 516 g/mol. The highest BCUT2D eigenvalue weighted by atomic mass is 16.7. The Bertz CT molecular complexity index is 1510. The van der Waals surface area contributed by atoms with Gasteiger partial charge in [0.2, 0.25) is 6.79 Å². The van der Waals surface area contributed by atoms with Crippen LogP contribution in [-0.2, 0) is 27.2 Å². The molecule has 5 aliphatic rings. The smallest absolute Gasteiger partial charge is 0.326 e. The van der Waals surface area contributed by atoms with Gasteiger partial charge in [-0.3, -0.25) is 14.6 Å². The topological polar surface area (TPSA) is 60.2 Å². The van der Waals surface area contributed by atoms with Crippen molar-refractivity contribution < 1.29 is 23.7 Å². The molecule has 2 saturated heterocycles. The van der Waals surface area contributed by atoms with Crippen LogP contribution in [0.15, 0.2) is 84.6 Å². The van der Waals surface area contributed by atoms with E-state index >= 15 is 0 Å². The van der Waals surface area contributed by atoms with E-state index in [1.165, 1.54) is 16.7 Å². The van der Waals surface area contributed by atoms with Crippen molar-refractivity contribution in [2.24, 2.45) is 0 Å². The molecule has 0 saturated carbocycles. The minimum Gasteiger partial charge on any atom is -0.497 e. The second-order valence-corrected chi connectivity index (χ2v) is 11.8. The van der Waals surface area contributed by atoms with Crippen molar-refractivity contribution in [1.82, 2.24) is 9.80 Å². The monoisotopic (exact) mass is 550 g/mol. The van der Waals surface area contributed by atoms with Crippen LogP contribution < -0.4 is 9.47 Å². The molecule has 7 nitrogen and oxygen atoms in total. The lowest BCUT2D eigenvalue weighted by Gasteiger charge is -2.39. The molecule has 0 amide bonds. The van der Waals surface area contributed by atoms with Crippen LogP contribution in [0.2, 0.25) is 0 Å². The minimum atomic E-state index is -0.513. The SMILES string of the molecule is COC1=C[C@]23CCCN2CCc2cc4c(cc2[C@@H]3C1OC(=O)C1C(c2ccccc2)N1Cc1ccccc1)OCO4. The summed E-state index contributed by atoms with van der Waals surface area (Å²) in [5.74, 6) is 2.03. The van der Waals surface area contributed by atoms with Gasteiger partial charge in [-0.15, -0.1) is 0 Å². The molecule has 0 bridgehead atoms. The summed E-state index contributed by atoms with van der Waals surface area (Å²) in [4.78, 5) is 19.0. The Morgan fingerprint density at radius 3 is 2.54 bits per heavy atom.